The predicted molar refractivity (Wildman–Crippen MR) is 128 cm³/mol. The molecule has 1 aromatic carbocycles. The minimum absolute atomic E-state index is 0.162. The Bertz CT molecular complexity index is 1230. The molecule has 1 amide bonds. The Balaban J connectivity index is 1.24. The molecule has 0 saturated carbocycles. The van der Waals surface area contributed by atoms with Crippen LogP contribution in [0.1, 0.15) is 20.9 Å². The van der Waals surface area contributed by atoms with E-state index in [-0.39, 0.29) is 5.91 Å². The third kappa shape index (κ3) is 4.27. The van der Waals surface area contributed by atoms with Crippen molar-refractivity contribution >= 4 is 39.0 Å². The summed E-state index contributed by atoms with van der Waals surface area (Å²) in [6.45, 7) is 6.01. The predicted octanol–water partition coefficient (Wildman–Crippen LogP) is 3.65. The summed E-state index contributed by atoms with van der Waals surface area (Å²) in [6.07, 6.45) is 3.37. The van der Waals surface area contributed by atoms with E-state index < -0.39 is 0 Å². The molecule has 0 bridgehead atoms. The number of anilines is 2. The Morgan fingerprint density at radius 1 is 1.00 bits per heavy atom. The van der Waals surface area contributed by atoms with E-state index in [1.807, 2.05) is 42.5 Å². The molecule has 3 aromatic heterocycles. The molecule has 0 radical (unpaired) electrons. The van der Waals surface area contributed by atoms with Crippen LogP contribution >= 0.6 is 11.3 Å². The molecule has 0 aliphatic carbocycles. The molecule has 162 valence electrons. The number of carbonyl (C=O) groups is 1. The summed E-state index contributed by atoms with van der Waals surface area (Å²) in [5, 5.41) is 4.08. The SMILES string of the molecule is Cc1cc2c(N3CCN(c4ccnc(C(=O)NCc5ccccc5)c4)CC3)ncnc2s1. The summed E-state index contributed by atoms with van der Waals surface area (Å²) >= 11 is 1.70. The minimum Gasteiger partial charge on any atom is -0.368 e. The zero-order chi connectivity index (χ0) is 21.9. The number of nitrogens with zero attached hydrogens (tertiary/aromatic N) is 5. The molecular formula is C24H24N6OS. The summed E-state index contributed by atoms with van der Waals surface area (Å²) in [7, 11) is 0. The molecule has 1 saturated heterocycles. The van der Waals surface area contributed by atoms with Crippen molar-refractivity contribution in [1.29, 1.82) is 0 Å². The van der Waals surface area contributed by atoms with Gasteiger partial charge in [0.25, 0.3) is 5.91 Å². The van der Waals surface area contributed by atoms with Gasteiger partial charge in [-0.2, -0.15) is 0 Å². The van der Waals surface area contributed by atoms with Crippen LogP contribution < -0.4 is 15.1 Å². The number of carbonyl (C=O) groups excluding carboxylic acids is 1. The Morgan fingerprint density at radius 2 is 1.78 bits per heavy atom. The average molecular weight is 445 g/mol. The van der Waals surface area contributed by atoms with Gasteiger partial charge in [0.2, 0.25) is 0 Å². The second kappa shape index (κ2) is 8.92. The van der Waals surface area contributed by atoms with Crippen molar-refractivity contribution in [2.24, 2.45) is 0 Å². The number of thiophene rings is 1. The maximum atomic E-state index is 12.6. The molecule has 5 rings (SSSR count). The van der Waals surface area contributed by atoms with Gasteiger partial charge in [-0.1, -0.05) is 30.3 Å². The molecule has 1 N–H and O–H groups in total. The van der Waals surface area contributed by atoms with E-state index in [0.717, 1.165) is 53.5 Å². The second-order valence-corrected chi connectivity index (χ2v) is 9.05. The topological polar surface area (TPSA) is 74.2 Å². The fourth-order valence-electron chi connectivity index (χ4n) is 4.00. The normalized spacial score (nSPS) is 14.0. The van der Waals surface area contributed by atoms with Crippen LogP contribution in [0, 0.1) is 6.92 Å². The highest BCUT2D eigenvalue weighted by atomic mass is 32.1. The summed E-state index contributed by atoms with van der Waals surface area (Å²) in [5.41, 5.74) is 2.52. The van der Waals surface area contributed by atoms with Gasteiger partial charge in [-0.05, 0) is 30.7 Å². The smallest absolute Gasteiger partial charge is 0.270 e. The van der Waals surface area contributed by atoms with Gasteiger partial charge in [0.15, 0.2) is 0 Å². The number of amides is 1. The molecule has 7 nitrogen and oxygen atoms in total. The van der Waals surface area contributed by atoms with Crippen molar-refractivity contribution in [3.8, 4) is 0 Å². The first-order valence-electron chi connectivity index (χ1n) is 10.7. The van der Waals surface area contributed by atoms with Gasteiger partial charge in [-0.25, -0.2) is 9.97 Å². The van der Waals surface area contributed by atoms with Crippen LogP contribution in [0.3, 0.4) is 0 Å². The number of piperazine rings is 1. The monoisotopic (exact) mass is 444 g/mol. The van der Waals surface area contributed by atoms with Gasteiger partial charge in [-0.3, -0.25) is 9.78 Å². The van der Waals surface area contributed by atoms with Crippen LogP contribution in [-0.4, -0.2) is 47.0 Å². The summed E-state index contributed by atoms with van der Waals surface area (Å²) in [6, 6.07) is 15.9. The van der Waals surface area contributed by atoms with Crippen LogP contribution in [0.5, 0.6) is 0 Å². The molecule has 1 aliphatic rings. The molecule has 0 unspecified atom stereocenters. The van der Waals surface area contributed by atoms with Gasteiger partial charge in [-0.15, -0.1) is 11.3 Å². The molecule has 0 spiro atoms. The average Bonchev–Trinajstić information content (AvgIpc) is 3.23. The van der Waals surface area contributed by atoms with Crippen molar-refractivity contribution in [2.75, 3.05) is 36.0 Å². The van der Waals surface area contributed by atoms with Crippen LogP contribution in [0.15, 0.2) is 61.1 Å². The third-order valence-corrected chi connectivity index (χ3v) is 6.61. The van der Waals surface area contributed by atoms with Crippen molar-refractivity contribution in [3.05, 3.63) is 77.2 Å². The second-order valence-electron chi connectivity index (χ2n) is 7.81. The lowest BCUT2D eigenvalue weighted by Gasteiger charge is -2.36. The van der Waals surface area contributed by atoms with Gasteiger partial charge in [0.1, 0.15) is 22.7 Å². The van der Waals surface area contributed by atoms with E-state index >= 15 is 0 Å². The molecule has 4 heterocycles. The third-order valence-electron chi connectivity index (χ3n) is 5.65. The molecule has 1 aliphatic heterocycles. The van der Waals surface area contributed by atoms with E-state index in [1.165, 1.54) is 4.88 Å². The Morgan fingerprint density at radius 3 is 2.59 bits per heavy atom. The largest absolute Gasteiger partial charge is 0.368 e. The van der Waals surface area contributed by atoms with E-state index in [0.29, 0.717) is 12.2 Å². The van der Waals surface area contributed by atoms with Crippen molar-refractivity contribution < 1.29 is 4.79 Å². The molecular weight excluding hydrogens is 420 g/mol. The summed E-state index contributed by atoms with van der Waals surface area (Å²) in [5.74, 6) is 0.847. The minimum atomic E-state index is -0.162. The molecule has 32 heavy (non-hydrogen) atoms. The number of pyridine rings is 1. The standard InChI is InChI=1S/C24H24N6OS/c1-17-13-20-22(27-16-28-24(20)32-17)30-11-9-29(10-12-30)19-7-8-25-21(14-19)23(31)26-15-18-5-3-2-4-6-18/h2-8,13-14,16H,9-12,15H2,1H3,(H,26,31). The lowest BCUT2D eigenvalue weighted by molar-refractivity contribution is 0.0946. The fourth-order valence-corrected chi connectivity index (χ4v) is 4.84. The van der Waals surface area contributed by atoms with Gasteiger partial charge < -0.3 is 15.1 Å². The zero-order valence-corrected chi connectivity index (χ0v) is 18.7. The number of benzene rings is 1. The van der Waals surface area contributed by atoms with E-state index in [9.17, 15) is 4.79 Å². The lowest BCUT2D eigenvalue weighted by atomic mass is 10.2. The molecule has 4 aromatic rings. The number of hydrogen-bond donors (Lipinski definition) is 1. The van der Waals surface area contributed by atoms with E-state index in [4.69, 9.17) is 0 Å². The van der Waals surface area contributed by atoms with Crippen LogP contribution in [0.25, 0.3) is 10.2 Å². The maximum absolute atomic E-state index is 12.6. The zero-order valence-electron chi connectivity index (χ0n) is 17.9. The highest BCUT2D eigenvalue weighted by Gasteiger charge is 2.21. The summed E-state index contributed by atoms with van der Waals surface area (Å²) in [4.78, 5) is 32.8. The van der Waals surface area contributed by atoms with Gasteiger partial charge in [0.05, 0.1) is 5.39 Å². The van der Waals surface area contributed by atoms with Crippen molar-refractivity contribution in [1.82, 2.24) is 20.3 Å². The van der Waals surface area contributed by atoms with E-state index in [1.54, 1.807) is 23.9 Å². The first kappa shape index (κ1) is 20.4. The van der Waals surface area contributed by atoms with Crippen molar-refractivity contribution in [2.45, 2.75) is 13.5 Å². The highest BCUT2D eigenvalue weighted by molar-refractivity contribution is 7.18. The first-order chi connectivity index (χ1) is 15.7. The number of fused-ring (bicyclic) bond motifs is 1. The van der Waals surface area contributed by atoms with Gasteiger partial charge in [0, 0.05) is 49.5 Å². The van der Waals surface area contributed by atoms with Crippen molar-refractivity contribution in [3.63, 3.8) is 0 Å². The molecule has 1 fully saturated rings. The molecule has 8 heteroatoms. The fraction of sp³-hybridized carbons (Fsp3) is 0.250. The van der Waals surface area contributed by atoms with Crippen LogP contribution in [-0.2, 0) is 6.54 Å². The Labute approximate surface area is 190 Å². The number of aryl methyl sites for hydroxylation is 1. The number of nitrogens with one attached hydrogen (secondary N) is 1. The summed E-state index contributed by atoms with van der Waals surface area (Å²) < 4.78 is 0. The quantitative estimate of drug-likeness (QED) is 0.507. The first-order valence-corrected chi connectivity index (χ1v) is 11.5. The van der Waals surface area contributed by atoms with E-state index in [2.05, 4.69) is 43.1 Å². The van der Waals surface area contributed by atoms with Crippen LogP contribution in [0.2, 0.25) is 0 Å². The lowest BCUT2D eigenvalue weighted by Crippen LogP contribution is -2.47. The molecule has 0 atom stereocenters. The number of aromatic nitrogens is 3. The Hall–Kier alpha value is -3.52. The maximum Gasteiger partial charge on any atom is 0.270 e. The van der Waals surface area contributed by atoms with Gasteiger partial charge >= 0.3 is 0 Å². The van der Waals surface area contributed by atoms with Crippen LogP contribution in [0.4, 0.5) is 11.5 Å². The number of hydrogen-bond acceptors (Lipinski definition) is 7. The highest BCUT2D eigenvalue weighted by Crippen LogP contribution is 2.30. The Kier molecular flexibility index (Phi) is 5.68. The number of rotatable bonds is 5.